The van der Waals surface area contributed by atoms with Gasteiger partial charge in [0.2, 0.25) is 0 Å². The molecule has 1 saturated heterocycles. The molecule has 148 valence electrons. The summed E-state index contributed by atoms with van der Waals surface area (Å²) < 4.78 is 7.12. The van der Waals surface area contributed by atoms with Gasteiger partial charge in [-0.2, -0.15) is 5.10 Å². The maximum absolute atomic E-state index is 13.3. The Labute approximate surface area is 171 Å². The Hall–Kier alpha value is -3.34. The van der Waals surface area contributed by atoms with Gasteiger partial charge in [-0.3, -0.25) is 9.48 Å². The molecule has 0 aliphatic carbocycles. The molecule has 0 N–H and O–H groups in total. The Morgan fingerprint density at radius 3 is 2.41 bits per heavy atom. The normalized spacial score (nSPS) is 14.1. The highest BCUT2D eigenvalue weighted by Gasteiger charge is 2.25. The number of rotatable bonds is 5. The molecule has 5 heteroatoms. The first-order chi connectivity index (χ1) is 14.1. The van der Waals surface area contributed by atoms with E-state index in [1.165, 1.54) is 5.57 Å². The molecule has 0 unspecified atom stereocenters. The number of carbonyl (C=O) groups excluding carboxylic acids is 1. The van der Waals surface area contributed by atoms with Crippen LogP contribution in [0, 0.1) is 0 Å². The molecule has 29 heavy (non-hydrogen) atoms. The van der Waals surface area contributed by atoms with Crippen LogP contribution in [0.4, 0.5) is 0 Å². The molecule has 2 aromatic carbocycles. The summed E-state index contributed by atoms with van der Waals surface area (Å²) in [6.45, 7) is 6.09. The van der Waals surface area contributed by atoms with Crippen LogP contribution >= 0.6 is 0 Å². The topological polar surface area (TPSA) is 47.4 Å². The molecule has 0 spiro atoms. The molecular formula is C24H25N3O2. The quantitative estimate of drug-likeness (QED) is 0.610. The third kappa shape index (κ3) is 4.24. The second-order valence-electron chi connectivity index (χ2n) is 7.35. The molecule has 1 amide bonds. The number of methoxy groups -OCH3 is 1. The zero-order valence-corrected chi connectivity index (χ0v) is 16.7. The highest BCUT2D eigenvalue weighted by atomic mass is 16.5. The lowest BCUT2D eigenvalue weighted by Gasteiger charge is -2.28. The van der Waals surface area contributed by atoms with E-state index < -0.39 is 0 Å². The van der Waals surface area contributed by atoms with Crippen molar-refractivity contribution >= 4 is 5.91 Å². The lowest BCUT2D eigenvalue weighted by Crippen LogP contribution is -2.36. The molecule has 0 radical (unpaired) electrons. The zero-order chi connectivity index (χ0) is 20.2. The number of piperidine rings is 1. The molecule has 0 bridgehead atoms. The van der Waals surface area contributed by atoms with Crippen LogP contribution in [0.25, 0.3) is 11.3 Å². The fraction of sp³-hybridized carbons (Fsp3) is 0.250. The number of nitrogens with zero attached hydrogens (tertiary/aromatic N) is 3. The van der Waals surface area contributed by atoms with Gasteiger partial charge in [0.05, 0.1) is 19.2 Å². The molecule has 2 heterocycles. The summed E-state index contributed by atoms with van der Waals surface area (Å²) in [6, 6.07) is 17.8. The van der Waals surface area contributed by atoms with E-state index >= 15 is 0 Å². The predicted molar refractivity (Wildman–Crippen MR) is 114 cm³/mol. The first-order valence-corrected chi connectivity index (χ1v) is 9.86. The van der Waals surface area contributed by atoms with Gasteiger partial charge < -0.3 is 9.64 Å². The van der Waals surface area contributed by atoms with Crippen LogP contribution in [-0.4, -0.2) is 40.8 Å². The van der Waals surface area contributed by atoms with Gasteiger partial charge in [0, 0.05) is 24.8 Å². The summed E-state index contributed by atoms with van der Waals surface area (Å²) >= 11 is 0. The summed E-state index contributed by atoms with van der Waals surface area (Å²) in [6.07, 6.45) is 3.60. The van der Waals surface area contributed by atoms with Crippen molar-refractivity contribution in [1.29, 1.82) is 0 Å². The van der Waals surface area contributed by atoms with Crippen LogP contribution in [-0.2, 0) is 6.54 Å². The second-order valence-corrected chi connectivity index (χ2v) is 7.35. The number of hydrogen-bond donors (Lipinski definition) is 0. The van der Waals surface area contributed by atoms with Gasteiger partial charge in [0.15, 0.2) is 0 Å². The monoisotopic (exact) mass is 387 g/mol. The Morgan fingerprint density at radius 2 is 1.76 bits per heavy atom. The van der Waals surface area contributed by atoms with Gasteiger partial charge in [-0.05, 0) is 42.7 Å². The molecule has 4 rings (SSSR count). The van der Waals surface area contributed by atoms with Gasteiger partial charge in [-0.25, -0.2) is 0 Å². The standard InChI is InChI=1S/C24H25N3O2/c1-18-12-14-26(15-13-18)24(28)22-17-27(16-19-6-4-3-5-7-19)25-23(22)20-8-10-21(29-2)11-9-20/h3-11,17H,1,12-16H2,2H3. The van der Waals surface area contributed by atoms with Crippen LogP contribution in [0.15, 0.2) is 72.9 Å². The Kier molecular flexibility index (Phi) is 5.47. The van der Waals surface area contributed by atoms with Crippen molar-refractivity contribution in [2.45, 2.75) is 19.4 Å². The maximum atomic E-state index is 13.3. The van der Waals surface area contributed by atoms with Gasteiger partial charge in [-0.1, -0.05) is 42.5 Å². The molecule has 1 aliphatic heterocycles. The van der Waals surface area contributed by atoms with Crippen molar-refractivity contribution in [2.24, 2.45) is 0 Å². The van der Waals surface area contributed by atoms with E-state index in [-0.39, 0.29) is 5.91 Å². The number of amides is 1. The third-order valence-corrected chi connectivity index (χ3v) is 5.30. The van der Waals surface area contributed by atoms with Crippen LogP contribution < -0.4 is 4.74 Å². The molecular weight excluding hydrogens is 362 g/mol. The van der Waals surface area contributed by atoms with E-state index in [2.05, 4.69) is 18.7 Å². The molecule has 1 fully saturated rings. The number of hydrogen-bond acceptors (Lipinski definition) is 3. The molecule has 0 saturated carbocycles. The van der Waals surface area contributed by atoms with Crippen molar-refractivity contribution < 1.29 is 9.53 Å². The largest absolute Gasteiger partial charge is 0.497 e. The highest BCUT2D eigenvalue weighted by Crippen LogP contribution is 2.27. The molecule has 5 nitrogen and oxygen atoms in total. The molecule has 1 aromatic heterocycles. The van der Waals surface area contributed by atoms with Gasteiger partial charge in [-0.15, -0.1) is 0 Å². The fourth-order valence-corrected chi connectivity index (χ4v) is 3.59. The summed E-state index contributed by atoms with van der Waals surface area (Å²) in [5.74, 6) is 0.808. The van der Waals surface area contributed by atoms with E-state index in [4.69, 9.17) is 9.84 Å². The summed E-state index contributed by atoms with van der Waals surface area (Å²) in [5.41, 5.74) is 4.60. The van der Waals surface area contributed by atoms with E-state index in [1.54, 1.807) is 7.11 Å². The van der Waals surface area contributed by atoms with Crippen molar-refractivity contribution in [1.82, 2.24) is 14.7 Å². The van der Waals surface area contributed by atoms with Crippen molar-refractivity contribution in [3.05, 3.63) is 84.1 Å². The molecule has 0 atom stereocenters. The van der Waals surface area contributed by atoms with Crippen molar-refractivity contribution in [3.8, 4) is 17.0 Å². The summed E-state index contributed by atoms with van der Waals surface area (Å²) in [4.78, 5) is 15.2. The first-order valence-electron chi connectivity index (χ1n) is 9.86. The van der Waals surface area contributed by atoms with Crippen molar-refractivity contribution in [3.63, 3.8) is 0 Å². The first kappa shape index (κ1) is 19.0. The zero-order valence-electron chi connectivity index (χ0n) is 16.7. The van der Waals surface area contributed by atoms with E-state index in [1.807, 2.05) is 58.2 Å². The van der Waals surface area contributed by atoms with Crippen LogP contribution in [0.1, 0.15) is 28.8 Å². The fourth-order valence-electron chi connectivity index (χ4n) is 3.59. The Morgan fingerprint density at radius 1 is 1.07 bits per heavy atom. The van der Waals surface area contributed by atoms with Crippen LogP contribution in [0.5, 0.6) is 5.75 Å². The minimum Gasteiger partial charge on any atom is -0.497 e. The average Bonchev–Trinajstić information content (AvgIpc) is 3.18. The van der Waals surface area contributed by atoms with Crippen molar-refractivity contribution in [2.75, 3.05) is 20.2 Å². The van der Waals surface area contributed by atoms with E-state index in [9.17, 15) is 4.79 Å². The number of likely N-dealkylation sites (tertiary alicyclic amines) is 1. The smallest absolute Gasteiger partial charge is 0.257 e. The SMILES string of the molecule is C=C1CCN(C(=O)c2cn(Cc3ccccc3)nc2-c2ccc(OC)cc2)CC1. The highest BCUT2D eigenvalue weighted by molar-refractivity contribution is 6.00. The van der Waals surface area contributed by atoms with Crippen LogP contribution in [0.2, 0.25) is 0 Å². The van der Waals surface area contributed by atoms with Gasteiger partial charge in [0.25, 0.3) is 5.91 Å². The number of ether oxygens (including phenoxy) is 1. The van der Waals surface area contributed by atoms with Crippen LogP contribution in [0.3, 0.4) is 0 Å². The van der Waals surface area contributed by atoms with Gasteiger partial charge >= 0.3 is 0 Å². The molecule has 1 aliphatic rings. The second kappa shape index (κ2) is 8.35. The number of carbonyl (C=O) groups is 1. The summed E-state index contributed by atoms with van der Waals surface area (Å²) in [7, 11) is 1.64. The predicted octanol–water partition coefficient (Wildman–Crippen LogP) is 4.40. The summed E-state index contributed by atoms with van der Waals surface area (Å²) in [5, 5.41) is 4.77. The van der Waals surface area contributed by atoms with E-state index in [0.29, 0.717) is 30.9 Å². The minimum absolute atomic E-state index is 0.0302. The third-order valence-electron chi connectivity index (χ3n) is 5.30. The minimum atomic E-state index is 0.0302. The number of benzene rings is 2. The Bertz CT molecular complexity index is 996. The lowest BCUT2D eigenvalue weighted by atomic mass is 10.0. The maximum Gasteiger partial charge on any atom is 0.257 e. The lowest BCUT2D eigenvalue weighted by molar-refractivity contribution is 0.0744. The van der Waals surface area contributed by atoms with E-state index in [0.717, 1.165) is 29.7 Å². The average molecular weight is 387 g/mol. The Balaban J connectivity index is 1.68. The van der Waals surface area contributed by atoms with Gasteiger partial charge in [0.1, 0.15) is 11.4 Å². The molecule has 3 aromatic rings. The number of aromatic nitrogens is 2.